The Hall–Kier alpha value is -4.50. The molecular weight excluding hydrogens is 582 g/mol. The van der Waals surface area contributed by atoms with Crippen molar-refractivity contribution in [1.29, 1.82) is 0 Å². The average molecular weight is 606 g/mol. The lowest BCUT2D eigenvalue weighted by Gasteiger charge is -2.26. The number of aromatic nitrogens is 2. The molecule has 10 nitrogen and oxygen atoms in total. The van der Waals surface area contributed by atoms with Crippen LogP contribution in [0.4, 0.5) is 22.7 Å². The first-order chi connectivity index (χ1) is 19.6. The molecule has 2 aromatic heterocycles. The molecule has 4 aromatic rings. The molecule has 3 heterocycles. The third-order valence-electron chi connectivity index (χ3n) is 6.84. The van der Waals surface area contributed by atoms with Crippen LogP contribution >= 0.6 is 11.3 Å². The number of nitrogens with one attached hydrogen (secondary N) is 1. The molecule has 0 unspecified atom stereocenters. The van der Waals surface area contributed by atoms with Crippen LogP contribution in [-0.4, -0.2) is 46.4 Å². The number of fused-ring (bicyclic) bond motifs is 2. The van der Waals surface area contributed by atoms with Gasteiger partial charge < -0.3 is 31.4 Å². The van der Waals surface area contributed by atoms with Crippen LogP contribution in [0.5, 0.6) is 11.5 Å². The van der Waals surface area contributed by atoms with Crippen LogP contribution in [0, 0.1) is 5.82 Å². The molecule has 2 amide bonds. The predicted molar refractivity (Wildman–Crippen MR) is 144 cm³/mol. The largest absolute Gasteiger partial charge is 0.573 e. The van der Waals surface area contributed by atoms with Crippen LogP contribution in [0.15, 0.2) is 42.5 Å². The van der Waals surface area contributed by atoms with E-state index in [9.17, 15) is 32.3 Å². The topological polar surface area (TPSA) is 163 Å². The Balaban J connectivity index is 1.49. The summed E-state index contributed by atoms with van der Waals surface area (Å²) < 4.78 is 62.6. The monoisotopic (exact) mass is 605 g/mol. The fourth-order valence-corrected chi connectivity index (χ4v) is 5.25. The summed E-state index contributed by atoms with van der Waals surface area (Å²) in [4.78, 5) is 33.8. The van der Waals surface area contributed by atoms with Crippen LogP contribution < -0.4 is 26.3 Å². The lowest BCUT2D eigenvalue weighted by Crippen LogP contribution is -2.41. The number of primary amides is 1. The third-order valence-corrected chi connectivity index (χ3v) is 7.68. The molecule has 0 aliphatic carbocycles. The second kappa shape index (κ2) is 10.1. The molecule has 42 heavy (non-hydrogen) atoms. The van der Waals surface area contributed by atoms with Gasteiger partial charge >= 0.3 is 6.36 Å². The summed E-state index contributed by atoms with van der Waals surface area (Å²) in [7, 11) is 0. The van der Waals surface area contributed by atoms with Crippen molar-refractivity contribution >= 4 is 38.5 Å². The highest BCUT2D eigenvalue weighted by atomic mass is 32.1. The highest BCUT2D eigenvalue weighted by molar-refractivity contribution is 7.22. The number of halogens is 4. The Bertz CT molecular complexity index is 1720. The van der Waals surface area contributed by atoms with Crippen molar-refractivity contribution in [1.82, 2.24) is 15.3 Å². The second-order valence-electron chi connectivity index (χ2n) is 10.1. The number of hydrogen-bond acceptors (Lipinski definition) is 9. The zero-order chi connectivity index (χ0) is 30.6. The Morgan fingerprint density at radius 3 is 2.52 bits per heavy atom. The molecule has 1 aliphatic rings. The van der Waals surface area contributed by atoms with E-state index in [4.69, 9.17) is 16.2 Å². The number of hydrogen-bond donors (Lipinski definition) is 4. The second-order valence-corrected chi connectivity index (χ2v) is 11.2. The molecule has 0 bridgehead atoms. The molecule has 0 spiro atoms. The van der Waals surface area contributed by atoms with Crippen LogP contribution in [0.25, 0.3) is 21.5 Å². The zero-order valence-electron chi connectivity index (χ0n) is 22.0. The van der Waals surface area contributed by atoms with Gasteiger partial charge in [0, 0.05) is 16.7 Å². The van der Waals surface area contributed by atoms with Crippen molar-refractivity contribution < 1.29 is 41.7 Å². The number of nitrogen functional groups attached to an aromatic ring is 1. The van der Waals surface area contributed by atoms with E-state index in [1.807, 2.05) is 0 Å². The van der Waals surface area contributed by atoms with Gasteiger partial charge in [-0.3, -0.25) is 9.59 Å². The number of nitrogens with zero attached hydrogens (tertiary/aromatic N) is 2. The lowest BCUT2D eigenvalue weighted by atomic mass is 9.82. The molecule has 5 rings (SSSR count). The lowest BCUT2D eigenvalue weighted by molar-refractivity contribution is -0.274. The molecule has 0 fully saturated rings. The van der Waals surface area contributed by atoms with Gasteiger partial charge in [0.1, 0.15) is 40.4 Å². The van der Waals surface area contributed by atoms with Gasteiger partial charge in [0.2, 0.25) is 5.91 Å². The first-order valence-electron chi connectivity index (χ1n) is 12.3. The SMILES string of the molecule is C[C@](O)(CNC(=O)c1cc(OC(F)(F)F)c2nc(N)sc2c1)c1cc2c(c(-c3ccc(F)cc3)n1)OC[C@]2(C)C(N)=O. The number of amides is 2. The predicted octanol–water partition coefficient (Wildman–Crippen LogP) is 3.75. The molecule has 0 saturated heterocycles. The Morgan fingerprint density at radius 2 is 1.88 bits per heavy atom. The number of pyridine rings is 1. The van der Waals surface area contributed by atoms with E-state index in [1.54, 1.807) is 6.92 Å². The maximum Gasteiger partial charge on any atom is 0.573 e. The van der Waals surface area contributed by atoms with Gasteiger partial charge in [0.25, 0.3) is 5.91 Å². The van der Waals surface area contributed by atoms with E-state index in [0.29, 0.717) is 11.1 Å². The summed E-state index contributed by atoms with van der Waals surface area (Å²) in [5.74, 6) is -2.48. The minimum absolute atomic E-state index is 0.0191. The van der Waals surface area contributed by atoms with Gasteiger partial charge in [-0.25, -0.2) is 14.4 Å². The van der Waals surface area contributed by atoms with Crippen molar-refractivity contribution in [3.63, 3.8) is 0 Å². The number of alkyl halides is 3. The first kappa shape index (κ1) is 29.0. The molecule has 2 aromatic carbocycles. The minimum atomic E-state index is -5.05. The number of rotatable bonds is 7. The number of anilines is 1. The Labute approximate surface area is 239 Å². The minimum Gasteiger partial charge on any atom is -0.489 e. The third kappa shape index (κ3) is 5.39. The number of nitrogens with two attached hydrogens (primary N) is 2. The normalized spacial score (nSPS) is 17.8. The summed E-state index contributed by atoms with van der Waals surface area (Å²) in [5, 5.41) is 13.9. The molecule has 6 N–H and O–H groups in total. The van der Waals surface area contributed by atoms with Gasteiger partial charge in [-0.05, 0) is 56.3 Å². The summed E-state index contributed by atoms with van der Waals surface area (Å²) >= 11 is 0.865. The van der Waals surface area contributed by atoms with Crippen molar-refractivity contribution in [3.8, 4) is 22.8 Å². The fraction of sp³-hybridized carbons (Fsp3) is 0.259. The van der Waals surface area contributed by atoms with Gasteiger partial charge in [0.15, 0.2) is 10.9 Å². The quantitative estimate of drug-likeness (QED) is 0.232. The Morgan fingerprint density at radius 1 is 1.19 bits per heavy atom. The number of benzene rings is 2. The van der Waals surface area contributed by atoms with Crippen LogP contribution in [0.3, 0.4) is 0 Å². The van der Waals surface area contributed by atoms with Crippen LogP contribution in [0.2, 0.25) is 0 Å². The number of carbonyl (C=O) groups is 2. The summed E-state index contributed by atoms with van der Waals surface area (Å²) in [6.07, 6.45) is -5.05. The maximum atomic E-state index is 13.6. The van der Waals surface area contributed by atoms with Crippen LogP contribution in [0.1, 0.15) is 35.5 Å². The van der Waals surface area contributed by atoms with E-state index in [-0.39, 0.29) is 44.7 Å². The van der Waals surface area contributed by atoms with Gasteiger partial charge in [-0.15, -0.1) is 13.2 Å². The molecule has 1 aliphatic heterocycles. The van der Waals surface area contributed by atoms with Crippen molar-refractivity contribution in [3.05, 3.63) is 65.1 Å². The van der Waals surface area contributed by atoms with Crippen molar-refractivity contribution in [2.24, 2.45) is 5.73 Å². The van der Waals surface area contributed by atoms with E-state index in [2.05, 4.69) is 20.0 Å². The van der Waals surface area contributed by atoms with E-state index in [0.717, 1.165) is 17.4 Å². The van der Waals surface area contributed by atoms with Gasteiger partial charge in [-0.1, -0.05) is 11.3 Å². The molecule has 2 atom stereocenters. The van der Waals surface area contributed by atoms with Crippen LogP contribution in [-0.2, 0) is 15.8 Å². The average Bonchev–Trinajstić information content (AvgIpc) is 3.46. The number of carbonyl (C=O) groups excluding carboxylic acids is 2. The highest BCUT2D eigenvalue weighted by Crippen LogP contribution is 2.45. The smallest absolute Gasteiger partial charge is 0.489 e. The fourth-order valence-electron chi connectivity index (χ4n) is 4.46. The van der Waals surface area contributed by atoms with Crippen molar-refractivity contribution in [2.75, 3.05) is 18.9 Å². The molecule has 0 saturated carbocycles. The summed E-state index contributed by atoms with van der Waals surface area (Å²) in [5.41, 5.74) is 8.80. The molecule has 15 heteroatoms. The van der Waals surface area contributed by atoms with Gasteiger partial charge in [0.05, 0.1) is 16.9 Å². The maximum absolute atomic E-state index is 13.6. The molecule has 220 valence electrons. The number of thiazole rings is 1. The number of ether oxygens (including phenoxy) is 2. The summed E-state index contributed by atoms with van der Waals surface area (Å²) in [6.45, 7) is 2.37. The first-order valence-corrected chi connectivity index (χ1v) is 13.1. The highest BCUT2D eigenvalue weighted by Gasteiger charge is 2.45. The standard InChI is InChI=1S/C27H23F4N5O5S/c1-25(23(32)38)11-40-21-15(25)9-18(35-19(21)12-3-5-14(28)6-4-12)26(2,39)10-34-22(37)13-7-16(41-27(29,30)31)20-17(8-13)42-24(33)36-20/h3-9,39H,10-11H2,1-2H3,(H2,32,38)(H2,33,36)(H,34,37)/t25-,26-/m0/s1. The zero-order valence-corrected chi connectivity index (χ0v) is 22.8. The summed E-state index contributed by atoms with van der Waals surface area (Å²) in [6, 6.07) is 8.92. The van der Waals surface area contributed by atoms with Crippen molar-refractivity contribution in [2.45, 2.75) is 31.2 Å². The van der Waals surface area contributed by atoms with Gasteiger partial charge in [-0.2, -0.15) is 0 Å². The van der Waals surface area contributed by atoms with E-state index >= 15 is 0 Å². The number of aliphatic hydroxyl groups is 1. The van der Waals surface area contributed by atoms with E-state index in [1.165, 1.54) is 43.3 Å². The van der Waals surface area contributed by atoms with E-state index < -0.39 is 47.3 Å². The molecular formula is C27H23F4N5O5S. The Kier molecular flexibility index (Phi) is 6.97. The molecule has 0 radical (unpaired) electrons.